The Balaban J connectivity index is 1.99. The predicted octanol–water partition coefficient (Wildman–Crippen LogP) is 11.3. The summed E-state index contributed by atoms with van der Waals surface area (Å²) in [5.41, 5.74) is 0. The molecule has 39 heavy (non-hydrogen) atoms. The molecule has 0 aromatic rings. The van der Waals surface area contributed by atoms with Crippen molar-refractivity contribution in [2.45, 2.75) is 148 Å². The Morgan fingerprint density at radius 1 is 0.538 bits per heavy atom. The Kier molecular flexibility index (Phi) is 28.9. The molecule has 1 fully saturated rings. The van der Waals surface area contributed by atoms with Gasteiger partial charge < -0.3 is 9.47 Å². The van der Waals surface area contributed by atoms with Gasteiger partial charge in [0.2, 0.25) is 0 Å². The minimum absolute atomic E-state index is 0.204. The second kappa shape index (κ2) is 29.4. The molecule has 0 N–H and O–H groups in total. The molecular formula is C33H65O2S4. The molecule has 233 valence electrons. The summed E-state index contributed by atoms with van der Waals surface area (Å²) < 4.78 is 12.7. The normalized spacial score (nSPS) is 16.8. The lowest BCUT2D eigenvalue weighted by Crippen LogP contribution is -2.31. The number of rotatable bonds is 31. The summed E-state index contributed by atoms with van der Waals surface area (Å²) in [4.78, 5) is 0. The molecule has 1 radical (unpaired) electrons. The molecule has 0 spiro atoms. The maximum atomic E-state index is 6.43. The van der Waals surface area contributed by atoms with Crippen LogP contribution in [0.4, 0.5) is 0 Å². The number of ether oxygens (including phenoxy) is 2. The van der Waals surface area contributed by atoms with E-state index in [1.54, 1.807) is 0 Å². The summed E-state index contributed by atoms with van der Waals surface area (Å²) in [5.74, 6) is 10.4. The van der Waals surface area contributed by atoms with Crippen molar-refractivity contribution in [3.05, 3.63) is 6.92 Å². The van der Waals surface area contributed by atoms with Crippen LogP contribution in [-0.4, -0.2) is 64.5 Å². The highest BCUT2D eigenvalue weighted by Gasteiger charge is 2.39. The SMILES string of the molecule is [CH2]CC1COC(CCCCCCCCSCCSCCCC)(CCCCCCCCSCCSCCCC)O1. The summed E-state index contributed by atoms with van der Waals surface area (Å²) in [6.45, 7) is 9.38. The lowest BCUT2D eigenvalue weighted by molar-refractivity contribution is -0.179. The first-order chi connectivity index (χ1) is 19.3. The van der Waals surface area contributed by atoms with Crippen molar-refractivity contribution in [1.29, 1.82) is 0 Å². The van der Waals surface area contributed by atoms with Crippen molar-refractivity contribution >= 4 is 47.0 Å². The molecule has 1 atom stereocenters. The van der Waals surface area contributed by atoms with Gasteiger partial charge in [-0.2, -0.15) is 47.0 Å². The molecule has 1 rings (SSSR count). The molecule has 1 aliphatic rings. The van der Waals surface area contributed by atoms with Crippen LogP contribution in [0.25, 0.3) is 0 Å². The van der Waals surface area contributed by atoms with Crippen LogP contribution in [0.3, 0.4) is 0 Å². The summed E-state index contributed by atoms with van der Waals surface area (Å²) >= 11 is 8.58. The molecule has 0 bridgehead atoms. The van der Waals surface area contributed by atoms with Crippen molar-refractivity contribution in [2.24, 2.45) is 0 Å². The van der Waals surface area contributed by atoms with Gasteiger partial charge in [-0.05, 0) is 68.0 Å². The molecule has 1 aliphatic heterocycles. The minimum Gasteiger partial charge on any atom is -0.347 e. The van der Waals surface area contributed by atoms with E-state index in [2.05, 4.69) is 67.8 Å². The van der Waals surface area contributed by atoms with Gasteiger partial charge in [0.05, 0.1) is 12.7 Å². The fourth-order valence-corrected chi connectivity index (χ4v) is 9.40. The van der Waals surface area contributed by atoms with E-state index >= 15 is 0 Å². The number of thioether (sulfide) groups is 4. The number of hydrogen-bond acceptors (Lipinski definition) is 6. The van der Waals surface area contributed by atoms with Crippen molar-refractivity contribution in [1.82, 2.24) is 0 Å². The molecule has 0 amide bonds. The zero-order valence-corrected chi connectivity index (χ0v) is 29.3. The molecule has 2 nitrogen and oxygen atoms in total. The first-order valence-electron chi connectivity index (χ1n) is 16.7. The van der Waals surface area contributed by atoms with E-state index in [4.69, 9.17) is 9.47 Å². The largest absolute Gasteiger partial charge is 0.347 e. The van der Waals surface area contributed by atoms with Gasteiger partial charge in [-0.25, -0.2) is 0 Å². The Morgan fingerprint density at radius 2 is 0.923 bits per heavy atom. The maximum absolute atomic E-state index is 6.43. The van der Waals surface area contributed by atoms with E-state index in [-0.39, 0.29) is 11.9 Å². The molecular weight excluding hydrogens is 557 g/mol. The maximum Gasteiger partial charge on any atom is 0.168 e. The molecule has 1 saturated heterocycles. The van der Waals surface area contributed by atoms with Gasteiger partial charge in [0.15, 0.2) is 5.79 Å². The van der Waals surface area contributed by atoms with Crippen LogP contribution in [0, 0.1) is 6.92 Å². The smallest absolute Gasteiger partial charge is 0.168 e. The van der Waals surface area contributed by atoms with E-state index in [1.165, 1.54) is 149 Å². The second-order valence-electron chi connectivity index (χ2n) is 11.1. The molecule has 1 unspecified atom stereocenters. The minimum atomic E-state index is -0.306. The van der Waals surface area contributed by atoms with E-state index in [0.717, 1.165) is 25.9 Å². The highest BCUT2D eigenvalue weighted by molar-refractivity contribution is 8.03. The first-order valence-corrected chi connectivity index (χ1v) is 21.3. The van der Waals surface area contributed by atoms with E-state index in [9.17, 15) is 0 Å². The van der Waals surface area contributed by atoms with Gasteiger partial charge in [-0.1, -0.05) is 85.0 Å². The molecule has 0 aromatic carbocycles. The average Bonchev–Trinajstić information content (AvgIpc) is 3.37. The lowest BCUT2D eigenvalue weighted by atomic mass is 9.99. The van der Waals surface area contributed by atoms with Crippen molar-refractivity contribution in [3.63, 3.8) is 0 Å². The highest BCUT2D eigenvalue weighted by atomic mass is 32.2. The quantitative estimate of drug-likeness (QED) is 0.0712. The number of hydrogen-bond donors (Lipinski definition) is 0. The van der Waals surface area contributed by atoms with Crippen LogP contribution in [0.1, 0.15) is 136 Å². The van der Waals surface area contributed by atoms with Gasteiger partial charge in [0.25, 0.3) is 0 Å². The third kappa shape index (κ3) is 23.5. The van der Waals surface area contributed by atoms with Gasteiger partial charge in [0, 0.05) is 35.9 Å². The van der Waals surface area contributed by atoms with Gasteiger partial charge in [0.1, 0.15) is 0 Å². The van der Waals surface area contributed by atoms with Gasteiger partial charge >= 0.3 is 0 Å². The predicted molar refractivity (Wildman–Crippen MR) is 187 cm³/mol. The molecule has 0 saturated carbocycles. The summed E-state index contributed by atoms with van der Waals surface area (Å²) in [6.07, 6.45) is 24.8. The lowest BCUT2D eigenvalue weighted by Gasteiger charge is -2.28. The van der Waals surface area contributed by atoms with Gasteiger partial charge in [-0.3, -0.25) is 0 Å². The van der Waals surface area contributed by atoms with Crippen LogP contribution < -0.4 is 0 Å². The topological polar surface area (TPSA) is 18.5 Å². The number of unbranched alkanes of at least 4 members (excludes halogenated alkanes) is 12. The molecule has 1 heterocycles. The second-order valence-corrected chi connectivity index (χ2v) is 16.0. The summed E-state index contributed by atoms with van der Waals surface area (Å²) in [7, 11) is 0. The van der Waals surface area contributed by atoms with Crippen LogP contribution >= 0.6 is 47.0 Å². The van der Waals surface area contributed by atoms with E-state index in [1.807, 2.05) is 0 Å². The highest BCUT2D eigenvalue weighted by Crippen LogP contribution is 2.35. The zero-order valence-electron chi connectivity index (χ0n) is 26.0. The fourth-order valence-electron chi connectivity index (χ4n) is 4.89. The third-order valence-electron chi connectivity index (χ3n) is 7.46. The van der Waals surface area contributed by atoms with Crippen LogP contribution in [0.2, 0.25) is 0 Å². The van der Waals surface area contributed by atoms with E-state index < -0.39 is 0 Å². The Morgan fingerprint density at radius 3 is 1.31 bits per heavy atom. The van der Waals surface area contributed by atoms with Crippen LogP contribution in [0.5, 0.6) is 0 Å². The Labute approximate surface area is 262 Å². The standard InChI is InChI=1S/C33H65O2S4/c1-4-7-23-36-27-29-38-25-19-15-11-9-13-17-21-33(34-31-32(6-3)35-33)22-18-14-10-12-16-20-26-39-30-28-37-24-8-5-2/h32H,3-31H2,1-2H3. The van der Waals surface area contributed by atoms with Gasteiger partial charge in [-0.15, -0.1) is 0 Å². The monoisotopic (exact) mass is 621 g/mol. The molecule has 0 aromatic heterocycles. The zero-order chi connectivity index (χ0) is 28.1. The van der Waals surface area contributed by atoms with Crippen LogP contribution in [-0.2, 0) is 9.47 Å². The van der Waals surface area contributed by atoms with Crippen molar-refractivity contribution in [2.75, 3.05) is 52.6 Å². The van der Waals surface area contributed by atoms with Crippen LogP contribution in [0.15, 0.2) is 0 Å². The Hall–Kier alpha value is 1.32. The Bertz CT molecular complexity index is 462. The van der Waals surface area contributed by atoms with Crippen molar-refractivity contribution < 1.29 is 9.47 Å². The average molecular weight is 622 g/mol. The molecule has 0 aliphatic carbocycles. The third-order valence-corrected chi connectivity index (χ3v) is 12.3. The first kappa shape index (κ1) is 38.3. The summed E-state index contributed by atoms with van der Waals surface area (Å²) in [6, 6.07) is 0. The van der Waals surface area contributed by atoms with Crippen molar-refractivity contribution in [3.8, 4) is 0 Å². The van der Waals surface area contributed by atoms with E-state index in [0.29, 0.717) is 0 Å². The fraction of sp³-hybridized carbons (Fsp3) is 0.970. The summed E-state index contributed by atoms with van der Waals surface area (Å²) in [5, 5.41) is 0. The molecule has 6 heteroatoms.